The molecule has 35 heavy (non-hydrogen) atoms. The van der Waals surface area contributed by atoms with Crippen molar-refractivity contribution in [3.8, 4) is 28.1 Å². The predicted octanol–water partition coefficient (Wildman–Crippen LogP) is 4.63. The molecule has 0 saturated heterocycles. The minimum atomic E-state index is -0.962. The van der Waals surface area contributed by atoms with Gasteiger partial charge in [0.25, 0.3) is 5.56 Å². The first-order valence-electron chi connectivity index (χ1n) is 11.8. The van der Waals surface area contributed by atoms with Crippen LogP contribution in [0.1, 0.15) is 25.7 Å². The second-order valence-electron chi connectivity index (χ2n) is 8.91. The number of nitrogens with zero attached hydrogens (tertiary/aromatic N) is 2. The van der Waals surface area contributed by atoms with Crippen molar-refractivity contribution in [2.45, 2.75) is 32.2 Å². The van der Waals surface area contributed by atoms with Crippen LogP contribution in [0, 0.1) is 17.7 Å². The van der Waals surface area contributed by atoms with E-state index in [9.17, 15) is 9.59 Å². The zero-order valence-corrected chi connectivity index (χ0v) is 19.7. The van der Waals surface area contributed by atoms with Gasteiger partial charge >= 0.3 is 5.97 Å². The van der Waals surface area contributed by atoms with Crippen LogP contribution in [0.15, 0.2) is 59.4 Å². The Morgan fingerprint density at radius 3 is 2.46 bits per heavy atom. The van der Waals surface area contributed by atoms with Crippen molar-refractivity contribution in [2.75, 3.05) is 20.3 Å². The first kappa shape index (κ1) is 24.6. The molecule has 4 rings (SSSR count). The van der Waals surface area contributed by atoms with Gasteiger partial charge in [-0.25, -0.2) is 13.9 Å². The van der Waals surface area contributed by atoms with Crippen LogP contribution in [-0.2, 0) is 16.1 Å². The SMILES string of the molecule is COc1cccc(-c2cc(=O)n(CC3CCC(COCC(=O)O)CC3)nc2-c2ccccc2)c1F. The topological polar surface area (TPSA) is 90.7 Å². The quantitative estimate of drug-likeness (QED) is 0.480. The summed E-state index contributed by atoms with van der Waals surface area (Å²) in [5.74, 6) is -0.785. The molecule has 0 unspecified atom stereocenters. The van der Waals surface area contributed by atoms with Gasteiger partial charge < -0.3 is 14.6 Å². The fourth-order valence-electron chi connectivity index (χ4n) is 4.65. The minimum absolute atomic E-state index is 0.106. The fraction of sp³-hybridized carbons (Fsp3) is 0.370. The first-order chi connectivity index (χ1) is 17.0. The van der Waals surface area contributed by atoms with Gasteiger partial charge in [0.05, 0.1) is 19.4 Å². The van der Waals surface area contributed by atoms with Gasteiger partial charge in [-0.2, -0.15) is 5.10 Å². The summed E-state index contributed by atoms with van der Waals surface area (Å²) in [4.78, 5) is 23.7. The Morgan fingerprint density at radius 2 is 1.77 bits per heavy atom. The Kier molecular flexibility index (Phi) is 7.92. The van der Waals surface area contributed by atoms with Gasteiger partial charge in [0.15, 0.2) is 11.6 Å². The zero-order chi connectivity index (χ0) is 24.8. The second-order valence-corrected chi connectivity index (χ2v) is 8.91. The van der Waals surface area contributed by atoms with Crippen LogP contribution < -0.4 is 10.3 Å². The summed E-state index contributed by atoms with van der Waals surface area (Å²) in [6.07, 6.45) is 3.64. The molecule has 0 atom stereocenters. The van der Waals surface area contributed by atoms with Crippen molar-refractivity contribution >= 4 is 5.97 Å². The highest BCUT2D eigenvalue weighted by Gasteiger charge is 2.24. The van der Waals surface area contributed by atoms with Crippen LogP contribution >= 0.6 is 0 Å². The maximum absolute atomic E-state index is 15.1. The van der Waals surface area contributed by atoms with E-state index in [0.717, 1.165) is 31.2 Å². The van der Waals surface area contributed by atoms with Crippen LogP contribution in [0.25, 0.3) is 22.4 Å². The Labute approximate surface area is 203 Å². The molecule has 0 radical (unpaired) electrons. The van der Waals surface area contributed by atoms with Gasteiger partial charge in [0, 0.05) is 29.3 Å². The fourth-order valence-corrected chi connectivity index (χ4v) is 4.65. The largest absolute Gasteiger partial charge is 0.494 e. The molecule has 3 aromatic rings. The van der Waals surface area contributed by atoms with Gasteiger partial charge in [0.1, 0.15) is 6.61 Å². The number of hydrogen-bond donors (Lipinski definition) is 1. The number of halogens is 1. The molecule has 0 bridgehead atoms. The Balaban J connectivity index is 1.59. The third kappa shape index (κ3) is 5.95. The number of aromatic nitrogens is 2. The van der Waals surface area contributed by atoms with Crippen LogP contribution in [0.4, 0.5) is 4.39 Å². The van der Waals surface area contributed by atoms with Crippen molar-refractivity contribution in [3.05, 3.63) is 70.8 Å². The number of carbonyl (C=O) groups is 1. The number of ether oxygens (including phenoxy) is 2. The smallest absolute Gasteiger partial charge is 0.329 e. The van der Waals surface area contributed by atoms with Gasteiger partial charge in [-0.15, -0.1) is 0 Å². The summed E-state index contributed by atoms with van der Waals surface area (Å²) < 4.78 is 27.0. The highest BCUT2D eigenvalue weighted by atomic mass is 19.1. The molecule has 1 aliphatic carbocycles. The van der Waals surface area contributed by atoms with E-state index in [2.05, 4.69) is 0 Å². The van der Waals surface area contributed by atoms with E-state index in [4.69, 9.17) is 19.7 Å². The molecule has 1 heterocycles. The molecule has 7 nitrogen and oxygen atoms in total. The van der Waals surface area contributed by atoms with E-state index in [0.29, 0.717) is 30.3 Å². The maximum Gasteiger partial charge on any atom is 0.329 e. The first-order valence-corrected chi connectivity index (χ1v) is 11.8. The van der Waals surface area contributed by atoms with Crippen LogP contribution in [0.2, 0.25) is 0 Å². The van der Waals surface area contributed by atoms with Crippen LogP contribution in [-0.4, -0.2) is 41.2 Å². The number of methoxy groups -OCH3 is 1. The van der Waals surface area contributed by atoms with E-state index in [1.807, 2.05) is 30.3 Å². The molecule has 184 valence electrons. The van der Waals surface area contributed by atoms with Gasteiger partial charge in [-0.05, 0) is 43.6 Å². The number of carboxylic acid groups (broad SMARTS) is 1. The summed E-state index contributed by atoms with van der Waals surface area (Å²) in [6.45, 7) is 0.639. The van der Waals surface area contributed by atoms with Gasteiger partial charge in [-0.1, -0.05) is 42.5 Å². The molecule has 2 aromatic carbocycles. The standard InChI is InChI=1S/C27H29FN2O5/c1-34-23-9-5-8-21(26(23)28)22-14-24(31)30(29-27(22)20-6-3-2-4-7-20)15-18-10-12-19(13-11-18)16-35-17-25(32)33/h2-9,14,18-19H,10-13,15-17H2,1H3,(H,32,33). The Morgan fingerprint density at radius 1 is 1.06 bits per heavy atom. The molecule has 1 aromatic heterocycles. The summed E-state index contributed by atoms with van der Waals surface area (Å²) in [5.41, 5.74) is 1.73. The molecular weight excluding hydrogens is 451 g/mol. The average Bonchev–Trinajstić information content (AvgIpc) is 2.86. The van der Waals surface area contributed by atoms with Gasteiger partial charge in [0.2, 0.25) is 0 Å². The van der Waals surface area contributed by atoms with Crippen LogP contribution in [0.5, 0.6) is 5.75 Å². The Bertz CT molecular complexity index is 1220. The van der Waals surface area contributed by atoms with Crippen LogP contribution in [0.3, 0.4) is 0 Å². The van der Waals surface area contributed by atoms with Crippen molar-refractivity contribution in [1.29, 1.82) is 0 Å². The van der Waals surface area contributed by atoms with Crippen molar-refractivity contribution in [3.63, 3.8) is 0 Å². The number of hydrogen-bond acceptors (Lipinski definition) is 5. The molecule has 0 aliphatic heterocycles. The summed E-state index contributed by atoms with van der Waals surface area (Å²) in [7, 11) is 1.41. The predicted molar refractivity (Wildman–Crippen MR) is 130 cm³/mol. The zero-order valence-electron chi connectivity index (χ0n) is 19.7. The lowest BCUT2D eigenvalue weighted by Gasteiger charge is -2.28. The summed E-state index contributed by atoms with van der Waals surface area (Å²) >= 11 is 0. The molecule has 8 heteroatoms. The van der Waals surface area contributed by atoms with E-state index < -0.39 is 11.8 Å². The molecule has 1 fully saturated rings. The number of aliphatic carboxylic acids is 1. The van der Waals surface area contributed by atoms with Crippen molar-refractivity contribution < 1.29 is 23.8 Å². The highest BCUT2D eigenvalue weighted by Crippen LogP contribution is 2.35. The Hall–Kier alpha value is -3.52. The van der Waals surface area contributed by atoms with Crippen molar-refractivity contribution in [2.24, 2.45) is 11.8 Å². The lowest BCUT2D eigenvalue weighted by atomic mass is 9.82. The normalized spacial score (nSPS) is 17.8. The highest BCUT2D eigenvalue weighted by molar-refractivity contribution is 5.81. The van der Waals surface area contributed by atoms with E-state index in [1.54, 1.807) is 18.2 Å². The lowest BCUT2D eigenvalue weighted by molar-refractivity contribution is -0.142. The second kappa shape index (κ2) is 11.3. The molecular formula is C27H29FN2O5. The number of rotatable bonds is 9. The van der Waals surface area contributed by atoms with Crippen molar-refractivity contribution in [1.82, 2.24) is 9.78 Å². The summed E-state index contributed by atoms with van der Waals surface area (Å²) in [5, 5.41) is 13.4. The van der Waals surface area contributed by atoms with Gasteiger partial charge in [-0.3, -0.25) is 4.79 Å². The number of carboxylic acids is 1. The third-order valence-electron chi connectivity index (χ3n) is 6.50. The maximum atomic E-state index is 15.1. The molecule has 1 N–H and O–H groups in total. The lowest BCUT2D eigenvalue weighted by Crippen LogP contribution is -2.29. The monoisotopic (exact) mass is 480 g/mol. The summed E-state index contributed by atoms with van der Waals surface area (Å²) in [6, 6.07) is 15.7. The number of benzene rings is 2. The third-order valence-corrected chi connectivity index (χ3v) is 6.50. The van der Waals surface area contributed by atoms with E-state index in [-0.39, 0.29) is 29.4 Å². The van der Waals surface area contributed by atoms with E-state index >= 15 is 4.39 Å². The van der Waals surface area contributed by atoms with E-state index in [1.165, 1.54) is 17.9 Å². The molecule has 1 saturated carbocycles. The molecule has 0 spiro atoms. The molecule has 0 amide bonds. The minimum Gasteiger partial charge on any atom is -0.494 e. The molecule has 1 aliphatic rings. The average molecular weight is 481 g/mol.